The molecule has 0 unspecified atom stereocenters. The predicted octanol–water partition coefficient (Wildman–Crippen LogP) is 2.34. The number of aromatic amines is 1. The third-order valence-corrected chi connectivity index (χ3v) is 4.09. The number of H-pyrrole nitrogens is 1. The van der Waals surface area contributed by atoms with Crippen LogP contribution in [0.25, 0.3) is 10.9 Å². The fraction of sp³-hybridized carbons (Fsp3) is 0.167. The standard InChI is InChI=1S/C18H14N4O2/c19-8-12-1-4-17(21-9-12)24-15-10-22(11-15)18(23)14-3-2-13-5-6-20-16(13)7-14/h1-7,9,15,20H,10-11H2. The number of hydrogen-bond donors (Lipinski definition) is 1. The lowest BCUT2D eigenvalue weighted by Crippen LogP contribution is -2.56. The lowest BCUT2D eigenvalue weighted by molar-refractivity contribution is 0.0160. The number of amides is 1. The van der Waals surface area contributed by atoms with Gasteiger partial charge in [-0.1, -0.05) is 6.07 Å². The molecule has 118 valence electrons. The van der Waals surface area contributed by atoms with Crippen LogP contribution in [-0.4, -0.2) is 40.0 Å². The van der Waals surface area contributed by atoms with Crippen molar-refractivity contribution in [2.75, 3.05) is 13.1 Å². The van der Waals surface area contributed by atoms with Gasteiger partial charge < -0.3 is 14.6 Å². The number of carbonyl (C=O) groups is 1. The van der Waals surface area contributed by atoms with Crippen LogP contribution in [0.2, 0.25) is 0 Å². The van der Waals surface area contributed by atoms with Crippen molar-refractivity contribution < 1.29 is 9.53 Å². The third kappa shape index (κ3) is 2.57. The minimum atomic E-state index is -0.0661. The average Bonchev–Trinajstić information content (AvgIpc) is 3.05. The topological polar surface area (TPSA) is 82.0 Å². The minimum Gasteiger partial charge on any atom is -0.471 e. The molecule has 1 fully saturated rings. The van der Waals surface area contributed by atoms with Gasteiger partial charge in [-0.05, 0) is 29.7 Å². The van der Waals surface area contributed by atoms with Crippen LogP contribution in [0.4, 0.5) is 0 Å². The molecule has 1 aromatic carbocycles. The minimum absolute atomic E-state index is 0.000798. The van der Waals surface area contributed by atoms with Crippen LogP contribution in [0.1, 0.15) is 15.9 Å². The highest BCUT2D eigenvalue weighted by Gasteiger charge is 2.33. The normalized spacial score (nSPS) is 14.2. The molecule has 6 heteroatoms. The molecule has 1 amide bonds. The molecule has 0 atom stereocenters. The molecule has 6 nitrogen and oxygen atoms in total. The SMILES string of the molecule is N#Cc1ccc(OC2CN(C(=O)c3ccc4cc[nH]c4c3)C2)nc1. The molecule has 1 saturated heterocycles. The van der Waals surface area contributed by atoms with E-state index >= 15 is 0 Å². The van der Waals surface area contributed by atoms with E-state index in [1.54, 1.807) is 17.0 Å². The van der Waals surface area contributed by atoms with E-state index in [1.165, 1.54) is 6.20 Å². The third-order valence-electron chi connectivity index (χ3n) is 4.09. The van der Waals surface area contributed by atoms with Crippen LogP contribution < -0.4 is 4.74 Å². The predicted molar refractivity (Wildman–Crippen MR) is 87.6 cm³/mol. The van der Waals surface area contributed by atoms with Crippen LogP contribution in [0, 0.1) is 11.3 Å². The van der Waals surface area contributed by atoms with Crippen molar-refractivity contribution >= 4 is 16.8 Å². The van der Waals surface area contributed by atoms with Crippen LogP contribution in [0.3, 0.4) is 0 Å². The average molecular weight is 318 g/mol. The van der Waals surface area contributed by atoms with Crippen LogP contribution in [-0.2, 0) is 0 Å². The van der Waals surface area contributed by atoms with E-state index in [1.807, 2.05) is 36.5 Å². The number of fused-ring (bicyclic) bond motifs is 1. The van der Waals surface area contributed by atoms with Crippen LogP contribution in [0.5, 0.6) is 5.88 Å². The van der Waals surface area contributed by atoms with Crippen molar-refractivity contribution in [2.24, 2.45) is 0 Å². The summed E-state index contributed by atoms with van der Waals surface area (Å²) in [5, 5.41) is 9.83. The van der Waals surface area contributed by atoms with Crippen molar-refractivity contribution in [3.63, 3.8) is 0 Å². The second-order valence-corrected chi connectivity index (χ2v) is 5.73. The van der Waals surface area contributed by atoms with E-state index in [-0.39, 0.29) is 12.0 Å². The van der Waals surface area contributed by atoms with Gasteiger partial charge >= 0.3 is 0 Å². The summed E-state index contributed by atoms with van der Waals surface area (Å²) in [6.45, 7) is 1.06. The number of nitrogens with zero attached hydrogens (tertiary/aromatic N) is 3. The first kappa shape index (κ1) is 14.3. The van der Waals surface area contributed by atoms with Crippen molar-refractivity contribution in [3.05, 3.63) is 59.9 Å². The maximum atomic E-state index is 12.5. The monoisotopic (exact) mass is 318 g/mol. The molecule has 3 aromatic rings. The van der Waals surface area contributed by atoms with E-state index in [0.717, 1.165) is 10.9 Å². The highest BCUT2D eigenvalue weighted by molar-refractivity contribution is 5.98. The van der Waals surface area contributed by atoms with Gasteiger partial charge in [0.25, 0.3) is 5.91 Å². The summed E-state index contributed by atoms with van der Waals surface area (Å²) in [4.78, 5) is 21.4. The Morgan fingerprint density at radius 3 is 2.92 bits per heavy atom. The molecule has 1 N–H and O–H groups in total. The van der Waals surface area contributed by atoms with Crippen LogP contribution in [0.15, 0.2) is 48.8 Å². The summed E-state index contributed by atoms with van der Waals surface area (Å²) >= 11 is 0. The van der Waals surface area contributed by atoms with Gasteiger partial charge in [0.15, 0.2) is 0 Å². The van der Waals surface area contributed by atoms with Crippen molar-refractivity contribution in [1.29, 1.82) is 5.26 Å². The zero-order chi connectivity index (χ0) is 16.5. The second kappa shape index (κ2) is 5.70. The van der Waals surface area contributed by atoms with Gasteiger partial charge in [-0.25, -0.2) is 4.98 Å². The van der Waals surface area contributed by atoms with Crippen LogP contribution >= 0.6 is 0 Å². The Morgan fingerprint density at radius 1 is 1.29 bits per heavy atom. The quantitative estimate of drug-likeness (QED) is 0.803. The lowest BCUT2D eigenvalue weighted by Gasteiger charge is -2.38. The van der Waals surface area contributed by atoms with E-state index in [4.69, 9.17) is 10.00 Å². The largest absolute Gasteiger partial charge is 0.471 e. The molecule has 2 aromatic heterocycles. The lowest BCUT2D eigenvalue weighted by atomic mass is 10.1. The zero-order valence-corrected chi connectivity index (χ0v) is 12.8. The number of carbonyl (C=O) groups excluding carboxylic acids is 1. The number of benzene rings is 1. The molecule has 24 heavy (non-hydrogen) atoms. The Bertz CT molecular complexity index is 934. The molecule has 0 spiro atoms. The smallest absolute Gasteiger partial charge is 0.254 e. The molecule has 0 saturated carbocycles. The maximum Gasteiger partial charge on any atom is 0.254 e. The van der Waals surface area contributed by atoms with Gasteiger partial charge in [0.1, 0.15) is 12.2 Å². The molecule has 1 aliphatic rings. The fourth-order valence-electron chi connectivity index (χ4n) is 2.73. The van der Waals surface area contributed by atoms with Gasteiger partial charge in [-0.2, -0.15) is 5.26 Å². The van der Waals surface area contributed by atoms with E-state index < -0.39 is 0 Å². The number of nitrogens with one attached hydrogen (secondary N) is 1. The van der Waals surface area contributed by atoms with E-state index in [9.17, 15) is 4.79 Å². The maximum absolute atomic E-state index is 12.5. The molecular formula is C18H14N4O2. The number of ether oxygens (including phenoxy) is 1. The van der Waals surface area contributed by atoms with Gasteiger partial charge in [-0.3, -0.25) is 4.79 Å². The Labute approximate surface area is 138 Å². The molecule has 1 aliphatic heterocycles. The summed E-state index contributed by atoms with van der Waals surface area (Å²) in [6.07, 6.45) is 3.27. The number of likely N-dealkylation sites (tertiary alicyclic amines) is 1. The van der Waals surface area contributed by atoms with Gasteiger partial charge in [-0.15, -0.1) is 0 Å². The molecule has 0 aliphatic carbocycles. The Hall–Kier alpha value is -3.33. The van der Waals surface area contributed by atoms with Gasteiger partial charge in [0.2, 0.25) is 5.88 Å². The molecular weight excluding hydrogens is 304 g/mol. The molecule has 4 rings (SSSR count). The van der Waals surface area contributed by atoms with Crippen molar-refractivity contribution in [1.82, 2.24) is 14.9 Å². The Kier molecular flexibility index (Phi) is 3.39. The number of aromatic nitrogens is 2. The number of hydrogen-bond acceptors (Lipinski definition) is 4. The van der Waals surface area contributed by atoms with Crippen molar-refractivity contribution in [2.45, 2.75) is 6.10 Å². The molecule has 0 radical (unpaired) electrons. The molecule has 3 heterocycles. The molecule has 0 bridgehead atoms. The highest BCUT2D eigenvalue weighted by atomic mass is 16.5. The first-order chi connectivity index (χ1) is 11.7. The summed E-state index contributed by atoms with van der Waals surface area (Å²) in [5.41, 5.74) is 2.11. The summed E-state index contributed by atoms with van der Waals surface area (Å²) in [7, 11) is 0. The first-order valence-electron chi connectivity index (χ1n) is 7.62. The summed E-state index contributed by atoms with van der Waals surface area (Å²) < 4.78 is 5.70. The Morgan fingerprint density at radius 2 is 2.17 bits per heavy atom. The first-order valence-corrected chi connectivity index (χ1v) is 7.62. The Balaban J connectivity index is 1.37. The second-order valence-electron chi connectivity index (χ2n) is 5.73. The van der Waals surface area contributed by atoms with Gasteiger partial charge in [0.05, 0.1) is 18.7 Å². The highest BCUT2D eigenvalue weighted by Crippen LogP contribution is 2.21. The fourth-order valence-corrected chi connectivity index (χ4v) is 2.73. The van der Waals surface area contributed by atoms with Crippen molar-refractivity contribution in [3.8, 4) is 11.9 Å². The zero-order valence-electron chi connectivity index (χ0n) is 12.8. The van der Waals surface area contributed by atoms with E-state index in [2.05, 4.69) is 9.97 Å². The number of rotatable bonds is 3. The summed E-state index contributed by atoms with van der Waals surface area (Å²) in [6, 6.07) is 13.0. The number of nitriles is 1. The number of pyridine rings is 1. The summed E-state index contributed by atoms with van der Waals surface area (Å²) in [5.74, 6) is 0.470. The van der Waals surface area contributed by atoms with Gasteiger partial charge in [0, 0.05) is 29.5 Å². The van der Waals surface area contributed by atoms with E-state index in [0.29, 0.717) is 30.1 Å².